The molecule has 0 saturated carbocycles. The predicted octanol–water partition coefficient (Wildman–Crippen LogP) is 2.81. The molecule has 0 spiro atoms. The zero-order valence-electron chi connectivity index (χ0n) is 9.78. The molecule has 0 aliphatic heterocycles. The predicted molar refractivity (Wildman–Crippen MR) is 64.2 cm³/mol. The maximum Gasteiger partial charge on any atom is 0.221 e. The fourth-order valence-corrected chi connectivity index (χ4v) is 1.83. The molecule has 0 saturated heterocycles. The van der Waals surface area contributed by atoms with Crippen molar-refractivity contribution < 1.29 is 9.47 Å². The molecule has 2 aromatic rings. The lowest BCUT2D eigenvalue weighted by molar-refractivity contribution is 0.401. The van der Waals surface area contributed by atoms with Crippen LogP contribution in [0.3, 0.4) is 0 Å². The van der Waals surface area contributed by atoms with Gasteiger partial charge in [0.25, 0.3) is 0 Å². The lowest BCUT2D eigenvalue weighted by Crippen LogP contribution is -1.93. The van der Waals surface area contributed by atoms with Crippen molar-refractivity contribution in [3.05, 3.63) is 30.0 Å². The Bertz CT molecular complexity index is 509. The topological polar surface area (TPSA) is 31.4 Å². The molecule has 84 valence electrons. The summed E-state index contributed by atoms with van der Waals surface area (Å²) in [5.74, 6) is 1.46. The summed E-state index contributed by atoms with van der Waals surface area (Å²) in [4.78, 5) is 4.29. The second kappa shape index (κ2) is 4.39. The van der Waals surface area contributed by atoms with E-state index in [-0.39, 0.29) is 0 Å². The van der Waals surface area contributed by atoms with Crippen LogP contribution in [0, 0.1) is 0 Å². The summed E-state index contributed by atoms with van der Waals surface area (Å²) < 4.78 is 10.5. The molecule has 0 bridgehead atoms. The highest BCUT2D eigenvalue weighted by molar-refractivity contribution is 5.90. The number of aromatic nitrogens is 1. The minimum Gasteiger partial charge on any atom is -0.497 e. The van der Waals surface area contributed by atoms with E-state index < -0.39 is 0 Å². The summed E-state index contributed by atoms with van der Waals surface area (Å²) in [6, 6.07) is 5.97. The van der Waals surface area contributed by atoms with E-state index in [4.69, 9.17) is 9.47 Å². The van der Waals surface area contributed by atoms with Crippen LogP contribution in [0.5, 0.6) is 11.6 Å². The van der Waals surface area contributed by atoms with Gasteiger partial charge in [-0.25, -0.2) is 4.98 Å². The summed E-state index contributed by atoms with van der Waals surface area (Å²) in [5.41, 5.74) is 1.22. The molecule has 0 aliphatic carbocycles. The molecule has 0 unspecified atom stereocenters. The van der Waals surface area contributed by atoms with Crippen LogP contribution in [0.2, 0.25) is 0 Å². The van der Waals surface area contributed by atoms with Gasteiger partial charge in [0.05, 0.1) is 14.2 Å². The van der Waals surface area contributed by atoms with Crippen LogP contribution >= 0.6 is 0 Å². The highest BCUT2D eigenvalue weighted by atomic mass is 16.5. The molecule has 0 fully saturated rings. The van der Waals surface area contributed by atoms with E-state index in [1.807, 2.05) is 18.3 Å². The van der Waals surface area contributed by atoms with Gasteiger partial charge in [-0.05, 0) is 29.5 Å². The second-order valence-corrected chi connectivity index (χ2v) is 3.56. The summed E-state index contributed by atoms with van der Waals surface area (Å²) in [6.45, 7) is 2.12. The third-order valence-corrected chi connectivity index (χ3v) is 2.71. The van der Waals surface area contributed by atoms with E-state index in [1.165, 1.54) is 10.9 Å². The molecular formula is C13H15NO2. The number of nitrogens with zero attached hydrogens (tertiary/aromatic N) is 1. The van der Waals surface area contributed by atoms with E-state index in [0.29, 0.717) is 5.88 Å². The molecule has 2 rings (SSSR count). The molecule has 1 aromatic heterocycles. The Morgan fingerprint density at radius 2 is 1.94 bits per heavy atom. The van der Waals surface area contributed by atoms with Crippen molar-refractivity contribution in [3.63, 3.8) is 0 Å². The second-order valence-electron chi connectivity index (χ2n) is 3.56. The number of aryl methyl sites for hydroxylation is 1. The summed E-state index contributed by atoms with van der Waals surface area (Å²) in [5, 5.41) is 2.18. The molecule has 3 heteroatoms. The first kappa shape index (κ1) is 10.7. The first-order valence-electron chi connectivity index (χ1n) is 5.29. The molecule has 0 radical (unpaired) electrons. The Morgan fingerprint density at radius 3 is 2.56 bits per heavy atom. The van der Waals surface area contributed by atoms with Crippen molar-refractivity contribution in [1.82, 2.24) is 4.98 Å². The number of hydrogen-bond donors (Lipinski definition) is 0. The van der Waals surface area contributed by atoms with E-state index in [9.17, 15) is 0 Å². The molecule has 3 nitrogen and oxygen atoms in total. The van der Waals surface area contributed by atoms with Crippen LogP contribution in [0.15, 0.2) is 24.4 Å². The third-order valence-electron chi connectivity index (χ3n) is 2.71. The smallest absolute Gasteiger partial charge is 0.221 e. The first-order valence-corrected chi connectivity index (χ1v) is 5.29. The average Bonchev–Trinajstić information content (AvgIpc) is 2.36. The monoisotopic (exact) mass is 217 g/mol. The number of benzene rings is 1. The molecule has 0 N–H and O–H groups in total. The van der Waals surface area contributed by atoms with Gasteiger partial charge in [-0.2, -0.15) is 0 Å². The first-order chi connectivity index (χ1) is 7.80. The van der Waals surface area contributed by atoms with Crippen LogP contribution < -0.4 is 9.47 Å². The molecule has 1 aromatic carbocycles. The van der Waals surface area contributed by atoms with E-state index >= 15 is 0 Å². The molecule has 0 atom stereocenters. The zero-order chi connectivity index (χ0) is 11.5. The number of rotatable bonds is 3. The number of hydrogen-bond acceptors (Lipinski definition) is 3. The van der Waals surface area contributed by atoms with Crippen molar-refractivity contribution in [1.29, 1.82) is 0 Å². The highest BCUT2D eigenvalue weighted by Crippen LogP contribution is 2.29. The summed E-state index contributed by atoms with van der Waals surface area (Å²) >= 11 is 0. The number of fused-ring (bicyclic) bond motifs is 1. The van der Waals surface area contributed by atoms with Gasteiger partial charge in [-0.3, -0.25) is 0 Å². The quantitative estimate of drug-likeness (QED) is 0.792. The summed E-state index contributed by atoms with van der Waals surface area (Å²) in [6.07, 6.45) is 2.83. The van der Waals surface area contributed by atoms with Gasteiger partial charge in [0, 0.05) is 11.6 Å². The van der Waals surface area contributed by atoms with E-state index in [0.717, 1.165) is 17.6 Å². The van der Waals surface area contributed by atoms with Gasteiger partial charge in [-0.1, -0.05) is 13.0 Å². The number of ether oxygens (including phenoxy) is 2. The fraction of sp³-hybridized carbons (Fsp3) is 0.308. The van der Waals surface area contributed by atoms with Crippen LogP contribution in [0.25, 0.3) is 10.8 Å². The van der Waals surface area contributed by atoms with Crippen molar-refractivity contribution >= 4 is 10.8 Å². The minimum atomic E-state index is 0.645. The van der Waals surface area contributed by atoms with Gasteiger partial charge in [0.2, 0.25) is 5.88 Å². The van der Waals surface area contributed by atoms with Crippen molar-refractivity contribution in [3.8, 4) is 11.6 Å². The highest BCUT2D eigenvalue weighted by Gasteiger charge is 2.07. The zero-order valence-corrected chi connectivity index (χ0v) is 9.78. The van der Waals surface area contributed by atoms with Crippen LogP contribution in [-0.2, 0) is 6.42 Å². The number of pyridine rings is 1. The Balaban J connectivity index is 2.74. The van der Waals surface area contributed by atoms with Crippen molar-refractivity contribution in [2.24, 2.45) is 0 Å². The van der Waals surface area contributed by atoms with Crippen molar-refractivity contribution in [2.75, 3.05) is 14.2 Å². The fourth-order valence-electron chi connectivity index (χ4n) is 1.83. The Labute approximate surface area is 95.0 Å². The Kier molecular flexibility index (Phi) is 2.95. The maximum atomic E-state index is 5.26. The molecular weight excluding hydrogens is 202 g/mol. The standard InChI is InChI=1S/C13H15NO2/c1-4-9-8-14-13(16-3)12-7-10(15-2)5-6-11(9)12/h5-8H,4H2,1-3H3. The normalized spacial score (nSPS) is 10.4. The largest absolute Gasteiger partial charge is 0.497 e. The van der Waals surface area contributed by atoms with Gasteiger partial charge < -0.3 is 9.47 Å². The molecule has 0 amide bonds. The molecule has 16 heavy (non-hydrogen) atoms. The lowest BCUT2D eigenvalue weighted by Gasteiger charge is -2.09. The Hall–Kier alpha value is -1.77. The van der Waals surface area contributed by atoms with Crippen LogP contribution in [-0.4, -0.2) is 19.2 Å². The van der Waals surface area contributed by atoms with Crippen LogP contribution in [0.1, 0.15) is 12.5 Å². The number of methoxy groups -OCH3 is 2. The van der Waals surface area contributed by atoms with Gasteiger partial charge in [0.1, 0.15) is 5.75 Å². The van der Waals surface area contributed by atoms with E-state index in [2.05, 4.69) is 18.0 Å². The summed E-state index contributed by atoms with van der Waals surface area (Å²) in [7, 11) is 3.29. The van der Waals surface area contributed by atoms with Gasteiger partial charge in [-0.15, -0.1) is 0 Å². The average molecular weight is 217 g/mol. The maximum absolute atomic E-state index is 5.26. The van der Waals surface area contributed by atoms with E-state index in [1.54, 1.807) is 14.2 Å². The third kappa shape index (κ3) is 1.69. The van der Waals surface area contributed by atoms with Crippen LogP contribution in [0.4, 0.5) is 0 Å². The molecule has 1 heterocycles. The van der Waals surface area contributed by atoms with Crippen molar-refractivity contribution in [2.45, 2.75) is 13.3 Å². The van der Waals surface area contributed by atoms with Gasteiger partial charge >= 0.3 is 0 Å². The lowest BCUT2D eigenvalue weighted by atomic mass is 10.1. The van der Waals surface area contributed by atoms with Gasteiger partial charge in [0.15, 0.2) is 0 Å². The SMILES string of the molecule is CCc1cnc(OC)c2cc(OC)ccc12. The Morgan fingerprint density at radius 1 is 1.12 bits per heavy atom. The minimum absolute atomic E-state index is 0.645. The molecule has 0 aliphatic rings.